The number of hydrogen-bond donors (Lipinski definition) is 0. The van der Waals surface area contributed by atoms with Gasteiger partial charge >= 0.3 is 5.97 Å². The summed E-state index contributed by atoms with van der Waals surface area (Å²) in [5.74, 6) is 0.769. The Morgan fingerprint density at radius 3 is 2.00 bits per heavy atom. The molecule has 0 aliphatic carbocycles. The van der Waals surface area contributed by atoms with Gasteiger partial charge in [-0.1, -0.05) is 66.7 Å². The topological polar surface area (TPSA) is 39.9 Å². The summed E-state index contributed by atoms with van der Waals surface area (Å²) in [6.45, 7) is 9.14. The Kier molecular flexibility index (Phi) is 6.22. The average Bonchev–Trinajstić information content (AvgIpc) is 2.75. The number of esters is 1. The number of nitrogens with zero attached hydrogens (tertiary/aromatic N) is 1. The third-order valence-corrected chi connectivity index (χ3v) is 3.97. The molecule has 2 aromatic carbocycles. The molecule has 1 aliphatic heterocycles. The number of carbonyl (C=O) groups excluding carboxylic acids is 1. The number of ether oxygens (including phenoxy) is 2. The minimum absolute atomic E-state index is 0.0647. The lowest BCUT2D eigenvalue weighted by atomic mass is 10.0. The fourth-order valence-corrected chi connectivity index (χ4v) is 2.64. The largest absolute Gasteiger partial charge is 0.471 e. The maximum atomic E-state index is 11.8. The van der Waals surface area contributed by atoms with Crippen molar-refractivity contribution >= 4 is 17.5 Å². The molecule has 1 heterocycles. The zero-order chi connectivity index (χ0) is 19.8. The molecule has 0 unspecified atom stereocenters. The summed E-state index contributed by atoms with van der Waals surface area (Å²) in [5.41, 5.74) is 2.63. The minimum Gasteiger partial charge on any atom is -0.471 e. The molecule has 3 rings (SSSR count). The molecule has 0 amide bonds. The minimum atomic E-state index is -0.624. The highest BCUT2D eigenvalue weighted by Crippen LogP contribution is 2.32. The fourth-order valence-electron chi connectivity index (χ4n) is 2.64. The molecule has 2 aromatic rings. The van der Waals surface area contributed by atoms with Gasteiger partial charge in [-0.05, 0) is 30.7 Å². The first-order valence-corrected chi connectivity index (χ1v) is 8.90. The van der Waals surface area contributed by atoms with Gasteiger partial charge in [-0.3, -0.25) is 4.79 Å². The maximum absolute atomic E-state index is 11.8. The highest BCUT2D eigenvalue weighted by molar-refractivity contribution is 5.91. The Bertz CT molecular complexity index is 949. The lowest BCUT2D eigenvalue weighted by Crippen LogP contribution is -2.04. The van der Waals surface area contributed by atoms with Crippen LogP contribution in [0.5, 0.6) is 0 Å². The summed E-state index contributed by atoms with van der Waals surface area (Å²) in [6, 6.07) is 19.5. The quantitative estimate of drug-likeness (QED) is 0.403. The summed E-state index contributed by atoms with van der Waals surface area (Å²) in [4.78, 5) is 15.1. The Morgan fingerprint density at radius 2 is 1.54 bits per heavy atom. The van der Waals surface area contributed by atoms with Crippen LogP contribution in [0.1, 0.15) is 18.1 Å². The van der Waals surface area contributed by atoms with Gasteiger partial charge < -0.3 is 9.47 Å². The van der Waals surface area contributed by atoms with Crippen molar-refractivity contribution in [3.8, 4) is 0 Å². The molecular weight excluding hydrogens is 350 g/mol. The SMILES string of the molecule is [C-]#[N+]/C(=C\C=C1C=C(c2ccccc2)OC(c2ccccc2)=C1)C(=O)OCC. The maximum Gasteiger partial charge on any atom is 0.336 e. The highest BCUT2D eigenvalue weighted by atomic mass is 16.5. The number of hydrogen-bond acceptors (Lipinski definition) is 3. The first-order valence-electron chi connectivity index (χ1n) is 8.90. The molecule has 0 saturated heterocycles. The van der Waals surface area contributed by atoms with Crippen molar-refractivity contribution < 1.29 is 14.3 Å². The van der Waals surface area contributed by atoms with E-state index in [9.17, 15) is 4.79 Å². The third-order valence-electron chi connectivity index (χ3n) is 3.97. The van der Waals surface area contributed by atoms with Gasteiger partial charge in [0.05, 0.1) is 13.2 Å². The van der Waals surface area contributed by atoms with Crippen LogP contribution < -0.4 is 0 Å². The number of carbonyl (C=O) groups is 1. The van der Waals surface area contributed by atoms with Crippen molar-refractivity contribution in [2.45, 2.75) is 6.92 Å². The van der Waals surface area contributed by atoms with Crippen molar-refractivity contribution in [1.29, 1.82) is 0 Å². The Morgan fingerprint density at radius 1 is 1.00 bits per heavy atom. The standard InChI is InChI=1S/C24H19NO3/c1-3-27-24(26)21(25-2)15-14-18-16-22(19-10-6-4-7-11-19)28-23(17-18)20-12-8-5-9-13-20/h4-17H,3H2,1H3/b21-15-. The number of rotatable bonds is 5. The number of allylic oxidation sites excluding steroid dienone is 5. The first-order chi connectivity index (χ1) is 13.7. The second kappa shape index (κ2) is 9.20. The van der Waals surface area contributed by atoms with Gasteiger partial charge in [-0.25, -0.2) is 4.85 Å². The molecule has 0 atom stereocenters. The van der Waals surface area contributed by atoms with Crippen LogP contribution >= 0.6 is 0 Å². The molecule has 0 bridgehead atoms. The van der Waals surface area contributed by atoms with Crippen LogP contribution in [0.2, 0.25) is 0 Å². The predicted octanol–water partition coefficient (Wildman–Crippen LogP) is 5.39. The molecule has 1 aliphatic rings. The molecule has 138 valence electrons. The lowest BCUT2D eigenvalue weighted by Gasteiger charge is -2.19. The van der Waals surface area contributed by atoms with Crippen molar-refractivity contribution in [3.05, 3.63) is 119 Å². The van der Waals surface area contributed by atoms with Crippen molar-refractivity contribution in [2.24, 2.45) is 0 Å². The molecule has 0 spiro atoms. The van der Waals surface area contributed by atoms with Gasteiger partial charge in [0.15, 0.2) is 0 Å². The summed E-state index contributed by atoms with van der Waals surface area (Å²) in [5, 5.41) is 0. The summed E-state index contributed by atoms with van der Waals surface area (Å²) in [6.07, 6.45) is 6.96. The van der Waals surface area contributed by atoms with E-state index in [1.807, 2.05) is 72.8 Å². The van der Waals surface area contributed by atoms with Crippen molar-refractivity contribution in [1.82, 2.24) is 0 Å². The fraction of sp³-hybridized carbons (Fsp3) is 0.0833. The van der Waals surface area contributed by atoms with Crippen LogP contribution in [-0.4, -0.2) is 12.6 Å². The van der Waals surface area contributed by atoms with Gasteiger partial charge in [0.1, 0.15) is 11.5 Å². The van der Waals surface area contributed by atoms with E-state index in [0.29, 0.717) is 11.5 Å². The van der Waals surface area contributed by atoms with Crippen LogP contribution in [0.4, 0.5) is 0 Å². The van der Waals surface area contributed by atoms with Gasteiger partial charge in [0.25, 0.3) is 5.70 Å². The van der Waals surface area contributed by atoms with E-state index in [2.05, 4.69) is 4.85 Å². The van der Waals surface area contributed by atoms with E-state index in [0.717, 1.165) is 16.7 Å². The Labute approximate surface area is 164 Å². The van der Waals surface area contributed by atoms with E-state index < -0.39 is 5.97 Å². The molecule has 4 nitrogen and oxygen atoms in total. The van der Waals surface area contributed by atoms with Crippen molar-refractivity contribution in [2.75, 3.05) is 6.61 Å². The highest BCUT2D eigenvalue weighted by Gasteiger charge is 2.15. The molecule has 0 aromatic heterocycles. The summed E-state index contributed by atoms with van der Waals surface area (Å²) >= 11 is 0. The molecule has 28 heavy (non-hydrogen) atoms. The third kappa shape index (κ3) is 4.66. The van der Waals surface area contributed by atoms with E-state index in [4.69, 9.17) is 16.0 Å². The van der Waals surface area contributed by atoms with Gasteiger partial charge in [0.2, 0.25) is 0 Å². The summed E-state index contributed by atoms with van der Waals surface area (Å²) < 4.78 is 11.0. The predicted molar refractivity (Wildman–Crippen MR) is 109 cm³/mol. The molecule has 4 heteroatoms. The second-order valence-electron chi connectivity index (χ2n) is 5.90. The monoisotopic (exact) mass is 369 g/mol. The van der Waals surface area contributed by atoms with Gasteiger partial charge in [-0.2, -0.15) is 0 Å². The molecular formula is C24H19NO3. The smallest absolute Gasteiger partial charge is 0.336 e. The lowest BCUT2D eigenvalue weighted by molar-refractivity contribution is -0.138. The number of benzene rings is 2. The van der Waals surface area contributed by atoms with E-state index in [1.54, 1.807) is 13.0 Å². The van der Waals surface area contributed by atoms with E-state index in [1.165, 1.54) is 6.08 Å². The average molecular weight is 369 g/mol. The molecule has 0 fully saturated rings. The second-order valence-corrected chi connectivity index (χ2v) is 5.90. The van der Waals surface area contributed by atoms with Crippen molar-refractivity contribution in [3.63, 3.8) is 0 Å². The van der Waals surface area contributed by atoms with Crippen LogP contribution in [-0.2, 0) is 14.3 Å². The normalized spacial score (nSPS) is 13.6. The van der Waals surface area contributed by atoms with Crippen LogP contribution in [0.25, 0.3) is 16.4 Å². The Hall–Kier alpha value is -3.84. The van der Waals surface area contributed by atoms with E-state index >= 15 is 0 Å². The summed E-state index contributed by atoms with van der Waals surface area (Å²) in [7, 11) is 0. The Balaban J connectivity index is 2.01. The zero-order valence-electron chi connectivity index (χ0n) is 15.5. The van der Waals surface area contributed by atoms with Crippen LogP contribution in [0.3, 0.4) is 0 Å². The van der Waals surface area contributed by atoms with Gasteiger partial charge in [-0.15, -0.1) is 0 Å². The zero-order valence-corrected chi connectivity index (χ0v) is 15.5. The molecule has 0 N–H and O–H groups in total. The van der Waals surface area contributed by atoms with Crippen LogP contribution in [0, 0.1) is 6.57 Å². The molecule has 0 saturated carbocycles. The molecule has 0 radical (unpaired) electrons. The first kappa shape index (κ1) is 18.9. The van der Waals surface area contributed by atoms with Gasteiger partial charge in [0, 0.05) is 11.1 Å². The van der Waals surface area contributed by atoms with Crippen LogP contribution in [0.15, 0.2) is 96.2 Å². The van der Waals surface area contributed by atoms with E-state index in [-0.39, 0.29) is 12.3 Å².